The quantitative estimate of drug-likeness (QED) is 0.0818. The van der Waals surface area contributed by atoms with E-state index in [0.717, 1.165) is 0 Å². The summed E-state index contributed by atoms with van der Waals surface area (Å²) in [5.74, 6) is -7.66. The number of ether oxygens (including phenoxy) is 22. The number of esters is 2. The van der Waals surface area contributed by atoms with Gasteiger partial charge in [-0.25, -0.2) is 4.79 Å². The van der Waals surface area contributed by atoms with E-state index in [9.17, 15) is 50.1 Å². The number of carbonyl (C=O) groups excluding carboxylic acids is 3. The van der Waals surface area contributed by atoms with Crippen molar-refractivity contribution >= 4 is 41.4 Å². The van der Waals surface area contributed by atoms with Crippen molar-refractivity contribution in [3.05, 3.63) is 21.2 Å². The highest BCUT2D eigenvalue weighted by Gasteiger charge is 2.72. The van der Waals surface area contributed by atoms with E-state index in [1.165, 1.54) is 42.1 Å². The van der Waals surface area contributed by atoms with Gasteiger partial charge in [-0.15, -0.1) is 0 Å². The first-order valence-corrected chi connectivity index (χ1v) is 31.6. The van der Waals surface area contributed by atoms with Crippen molar-refractivity contribution in [3.63, 3.8) is 0 Å². The van der Waals surface area contributed by atoms with Crippen molar-refractivity contribution in [2.45, 2.75) is 270 Å². The maximum Gasteiger partial charge on any atom is 0.342 e. The molecule has 0 radical (unpaired) electrons. The van der Waals surface area contributed by atoms with Gasteiger partial charge in [0.25, 0.3) is 5.97 Å². The van der Waals surface area contributed by atoms with Gasteiger partial charge < -0.3 is 140 Å². The fraction of sp³-hybridized carbons (Fsp3) is 0.847. The smallest absolute Gasteiger partial charge is 0.342 e. The van der Waals surface area contributed by atoms with Crippen LogP contribution in [0.2, 0.25) is 10.0 Å². The van der Waals surface area contributed by atoms with Gasteiger partial charge in [-0.3, -0.25) is 9.59 Å². The van der Waals surface area contributed by atoms with E-state index in [0.29, 0.717) is 6.29 Å². The Bertz CT molecular complexity index is 2790. The summed E-state index contributed by atoms with van der Waals surface area (Å²) in [6.07, 6.45) is -32.8. The molecule has 10 aliphatic rings. The number of aliphatic hydroxyl groups excluding tert-OH is 4. The molecule has 0 amide bonds. The lowest BCUT2D eigenvalue weighted by Crippen LogP contribution is -2.70. The molecular weight excluding hydrogens is 1290 g/mol. The fourth-order valence-corrected chi connectivity index (χ4v) is 14.5. The average molecular weight is 1380 g/mol. The first-order valence-electron chi connectivity index (χ1n) is 30.9. The third-order valence-electron chi connectivity index (χ3n) is 18.9. The molecule has 31 atom stereocenters. The number of methoxy groups -OCH3 is 3. The Morgan fingerprint density at radius 2 is 1.34 bits per heavy atom. The van der Waals surface area contributed by atoms with Crippen LogP contribution in [-0.2, 0) is 114 Å². The molecule has 1 aromatic rings. The standard InChI is InChI=1S/C59H84Cl2O32/c1-20(2)51(69)85-47-44-30(90-59(91-44)50-49(76-19-77-50)57(71,18-62)26(8)89-59)17-75-54(47)87-55-46(74-12)38(67)43(29(81-55)16-72-10)86-53-39(68)45(42(73-11)23(5)80-53)83-32-15-56(9)48(25(7)79-32)92-58(93-56)14-28(64)41(24(6)88-58)82-31-13-27(63)40(22(4)78-31)84-52(70)33-21(3)34(60)37(66)35(61)36(33)65/h18,20,22-32,38-50,53-55,63-68,71H,13-17,19H2,1-12H3/t22-,23-,24-,25-,26-,27-,28-,29-,30+,31+,32+,38+,39-,40-,41-,42+,43-,44-,45-,46+,47-,48-,49-,50-,53+,54-,55+,56-,57+,58?,59-/m1/s1. The lowest BCUT2D eigenvalue weighted by atomic mass is 9.85. The Kier molecular flexibility index (Phi) is 21.2. The van der Waals surface area contributed by atoms with Gasteiger partial charge in [0.1, 0.15) is 96.2 Å². The molecule has 0 aliphatic carbocycles. The van der Waals surface area contributed by atoms with Crippen molar-refractivity contribution in [1.82, 2.24) is 0 Å². The monoisotopic (exact) mass is 1370 g/mol. The zero-order valence-electron chi connectivity index (χ0n) is 53.1. The molecule has 10 aliphatic heterocycles. The van der Waals surface area contributed by atoms with E-state index in [1.807, 2.05) is 0 Å². The van der Waals surface area contributed by atoms with Crippen LogP contribution >= 0.6 is 23.2 Å². The number of hydrogen-bond acceptors (Lipinski definition) is 32. The van der Waals surface area contributed by atoms with Crippen molar-refractivity contribution in [2.24, 2.45) is 5.92 Å². The van der Waals surface area contributed by atoms with Crippen molar-refractivity contribution in [1.29, 1.82) is 0 Å². The number of aromatic hydroxyl groups is 2. The van der Waals surface area contributed by atoms with Crippen molar-refractivity contribution < 1.29 is 154 Å². The van der Waals surface area contributed by atoms with E-state index >= 15 is 0 Å². The summed E-state index contributed by atoms with van der Waals surface area (Å²) in [5.41, 5.74) is -3.75. The van der Waals surface area contributed by atoms with Gasteiger partial charge in [0.05, 0.1) is 73.3 Å². The molecule has 10 heterocycles. The minimum atomic E-state index is -2.13. The molecule has 0 saturated carbocycles. The number of fused-ring (bicyclic) bond motifs is 4. The van der Waals surface area contributed by atoms with Crippen LogP contribution in [0, 0.1) is 12.8 Å². The van der Waals surface area contributed by atoms with Crippen molar-refractivity contribution in [3.8, 4) is 11.5 Å². The second kappa shape index (κ2) is 27.6. The van der Waals surface area contributed by atoms with Crippen LogP contribution in [0.25, 0.3) is 0 Å². The van der Waals surface area contributed by atoms with E-state index in [-0.39, 0.29) is 49.9 Å². The minimum absolute atomic E-state index is 0.00384. The highest BCUT2D eigenvalue weighted by atomic mass is 35.5. The molecule has 1 unspecified atom stereocenters. The van der Waals surface area contributed by atoms with Gasteiger partial charge in [0.2, 0.25) is 6.29 Å². The number of halogens is 2. The lowest BCUT2D eigenvalue weighted by molar-refractivity contribution is -0.428. The number of aliphatic hydroxyl groups is 5. The molecule has 34 heteroatoms. The molecule has 2 spiro atoms. The maximum absolute atomic E-state index is 13.4. The Hall–Kier alpha value is -2.99. The third-order valence-corrected chi connectivity index (χ3v) is 19.7. The lowest BCUT2D eigenvalue weighted by Gasteiger charge is -2.49. The fourth-order valence-electron chi connectivity index (χ4n) is 14.1. The zero-order chi connectivity index (χ0) is 67.3. The maximum atomic E-state index is 13.4. The van der Waals surface area contributed by atoms with Crippen LogP contribution in [0.5, 0.6) is 11.5 Å². The number of benzene rings is 1. The van der Waals surface area contributed by atoms with E-state index in [1.54, 1.807) is 41.5 Å². The largest absolute Gasteiger partial charge is 0.505 e. The summed E-state index contributed by atoms with van der Waals surface area (Å²) < 4.78 is 136. The van der Waals surface area contributed by atoms with Crippen LogP contribution < -0.4 is 0 Å². The van der Waals surface area contributed by atoms with Gasteiger partial charge in [-0.1, -0.05) is 37.0 Å². The first-order chi connectivity index (χ1) is 43.9. The van der Waals surface area contributed by atoms with Gasteiger partial charge in [0.15, 0.2) is 66.9 Å². The Morgan fingerprint density at radius 1 is 0.656 bits per heavy atom. The van der Waals surface area contributed by atoms with Gasteiger partial charge in [-0.2, -0.15) is 0 Å². The predicted octanol–water partition coefficient (Wildman–Crippen LogP) is 0.359. The molecule has 11 rings (SSSR count). The first kappa shape index (κ1) is 71.3. The molecule has 10 fully saturated rings. The summed E-state index contributed by atoms with van der Waals surface area (Å²) in [5, 5.41) is 78.6. The minimum Gasteiger partial charge on any atom is -0.505 e. The zero-order valence-corrected chi connectivity index (χ0v) is 54.6. The summed E-state index contributed by atoms with van der Waals surface area (Å²) in [6.45, 7) is 13.6. The number of carbonyl (C=O) groups is 3. The SMILES string of the molecule is COC[C@H]1O[C@@H](O[C@H]2OC[C@@H]3O[C@]4(O[C@H]3[C@H]2OC(=O)C(C)C)O[C@H](C)[C@@](O)(C=O)[C@@H]2OCO[C@H]24)[C@@H](OC)[C@@H](O)[C@@H]1O[C@@H]1O[C@H](C)[C@H](OC)[C@H](O[C@H]2C[C@@]3(C)OC4(C[C@@H](O)[C@H](O[C@H]5C[C@@H](O)[C@H](OC(=O)c6c(C)c(Cl)c(O)c(Cl)c6O)[C@@H](C)O5)[C@@H](C)O4)O[C@@H]3[C@@H](C)O2)[C@H]1O. The van der Waals surface area contributed by atoms with E-state index in [2.05, 4.69) is 0 Å². The van der Waals surface area contributed by atoms with Crippen LogP contribution in [0.1, 0.15) is 90.6 Å². The van der Waals surface area contributed by atoms with Gasteiger partial charge >= 0.3 is 17.9 Å². The topological polar surface area (TPSA) is 396 Å². The molecule has 10 saturated heterocycles. The van der Waals surface area contributed by atoms with Gasteiger partial charge in [0, 0.05) is 34.2 Å². The van der Waals surface area contributed by atoms with E-state index in [4.69, 9.17) is 127 Å². The number of phenolic OH excluding ortho intramolecular Hbond substituents is 2. The highest BCUT2D eigenvalue weighted by Crippen LogP contribution is 2.53. The predicted molar refractivity (Wildman–Crippen MR) is 303 cm³/mol. The number of phenols is 2. The number of rotatable bonds is 17. The second-order valence-electron chi connectivity index (χ2n) is 25.7. The Balaban J connectivity index is 0.722. The van der Waals surface area contributed by atoms with Crippen LogP contribution in [-0.4, -0.2) is 284 Å². The number of aldehydes is 1. The normalized spacial score (nSPS) is 48.1. The molecule has 1 aromatic carbocycles. The molecule has 0 aromatic heterocycles. The average Bonchev–Trinajstić information content (AvgIpc) is 1.59. The molecular formula is C59H84Cl2O32. The Morgan fingerprint density at radius 3 is 2.01 bits per heavy atom. The summed E-state index contributed by atoms with van der Waals surface area (Å²) >= 11 is 12.1. The molecule has 526 valence electrons. The summed E-state index contributed by atoms with van der Waals surface area (Å²) in [4.78, 5) is 38.9. The van der Waals surface area contributed by atoms with Crippen LogP contribution in [0.3, 0.4) is 0 Å². The van der Waals surface area contributed by atoms with Crippen LogP contribution in [0.15, 0.2) is 0 Å². The molecule has 32 nitrogen and oxygen atoms in total. The molecule has 0 bridgehead atoms. The number of hydrogen-bond donors (Lipinski definition) is 7. The van der Waals surface area contributed by atoms with Crippen molar-refractivity contribution in [2.75, 3.05) is 41.3 Å². The van der Waals surface area contributed by atoms with E-state index < -0.39 is 229 Å². The summed E-state index contributed by atoms with van der Waals surface area (Å²) in [6, 6.07) is 0. The molecule has 7 N–H and O–H groups in total. The van der Waals surface area contributed by atoms with Crippen LogP contribution in [0.4, 0.5) is 0 Å². The highest BCUT2D eigenvalue weighted by molar-refractivity contribution is 6.39. The van der Waals surface area contributed by atoms with Gasteiger partial charge in [-0.05, 0) is 54.0 Å². The molecule has 93 heavy (non-hydrogen) atoms. The Labute approximate surface area is 544 Å². The third kappa shape index (κ3) is 13.1. The summed E-state index contributed by atoms with van der Waals surface area (Å²) in [7, 11) is 4.09. The second-order valence-corrected chi connectivity index (χ2v) is 26.4.